The second-order valence-electron chi connectivity index (χ2n) is 7.28. The summed E-state index contributed by atoms with van der Waals surface area (Å²) in [5, 5.41) is 0. The van der Waals surface area contributed by atoms with Crippen LogP contribution in [0.5, 0.6) is 0 Å². The van der Waals surface area contributed by atoms with Crippen molar-refractivity contribution >= 4 is 5.91 Å². The number of hydrogen-bond donors (Lipinski definition) is 1. The van der Waals surface area contributed by atoms with E-state index >= 15 is 0 Å². The molecule has 2 heterocycles. The number of carbonyl (C=O) groups excluding carboxylic acids is 1. The minimum atomic E-state index is -0.324. The van der Waals surface area contributed by atoms with E-state index in [9.17, 15) is 4.79 Å². The number of carbonyl (C=O) groups is 1. The zero-order valence-electron chi connectivity index (χ0n) is 12.9. The van der Waals surface area contributed by atoms with Crippen molar-refractivity contribution in [2.75, 3.05) is 19.6 Å². The van der Waals surface area contributed by atoms with E-state index in [4.69, 9.17) is 5.73 Å². The highest BCUT2D eigenvalue weighted by Gasteiger charge is 2.43. The Morgan fingerprint density at radius 3 is 2.55 bits per heavy atom. The average Bonchev–Trinajstić information content (AvgIpc) is 3.28. The number of hydrogen-bond acceptors (Lipinski definition) is 3. The van der Waals surface area contributed by atoms with Crippen LogP contribution in [0.2, 0.25) is 0 Å². The van der Waals surface area contributed by atoms with Crippen LogP contribution in [0.15, 0.2) is 0 Å². The van der Waals surface area contributed by atoms with Crippen LogP contribution >= 0.6 is 0 Å². The van der Waals surface area contributed by atoms with E-state index in [1.807, 2.05) is 18.7 Å². The van der Waals surface area contributed by atoms with E-state index in [1.165, 1.54) is 32.2 Å². The summed E-state index contributed by atoms with van der Waals surface area (Å²) >= 11 is 0. The molecule has 2 N–H and O–H groups in total. The Hall–Kier alpha value is -0.610. The molecule has 0 radical (unpaired) electrons. The van der Waals surface area contributed by atoms with Crippen LogP contribution < -0.4 is 5.73 Å². The fourth-order valence-electron chi connectivity index (χ4n) is 4.00. The quantitative estimate of drug-likeness (QED) is 0.850. The van der Waals surface area contributed by atoms with Crippen LogP contribution in [0.4, 0.5) is 0 Å². The highest BCUT2D eigenvalue weighted by Crippen LogP contribution is 2.38. The van der Waals surface area contributed by atoms with Crippen molar-refractivity contribution in [3.63, 3.8) is 0 Å². The highest BCUT2D eigenvalue weighted by molar-refractivity contribution is 5.82. The molecule has 20 heavy (non-hydrogen) atoms. The summed E-state index contributed by atoms with van der Waals surface area (Å²) in [5.74, 6) is 1.08. The molecule has 3 atom stereocenters. The monoisotopic (exact) mass is 279 g/mol. The van der Waals surface area contributed by atoms with Crippen molar-refractivity contribution in [1.82, 2.24) is 9.80 Å². The van der Waals surface area contributed by atoms with Gasteiger partial charge in [0.15, 0.2) is 0 Å². The molecule has 0 aromatic carbocycles. The maximum atomic E-state index is 12.4. The third-order valence-electron chi connectivity index (χ3n) is 5.44. The minimum Gasteiger partial charge on any atom is -0.341 e. The Kier molecular flexibility index (Phi) is 4.04. The fourth-order valence-corrected chi connectivity index (χ4v) is 4.00. The summed E-state index contributed by atoms with van der Waals surface area (Å²) in [6.45, 7) is 7.19. The average molecular weight is 279 g/mol. The summed E-state index contributed by atoms with van der Waals surface area (Å²) in [5.41, 5.74) is 6.04. The molecule has 0 aromatic rings. The van der Waals surface area contributed by atoms with E-state index in [-0.39, 0.29) is 17.9 Å². The van der Waals surface area contributed by atoms with Crippen molar-refractivity contribution < 1.29 is 4.79 Å². The van der Waals surface area contributed by atoms with Crippen LogP contribution in [-0.4, -0.2) is 53.5 Å². The Labute approximate surface area is 122 Å². The van der Waals surface area contributed by atoms with Crippen molar-refractivity contribution in [2.24, 2.45) is 17.6 Å². The van der Waals surface area contributed by atoms with Gasteiger partial charge in [-0.3, -0.25) is 9.69 Å². The van der Waals surface area contributed by atoms with E-state index in [1.54, 1.807) is 0 Å². The third kappa shape index (κ3) is 2.73. The number of fused-ring (bicyclic) bond motifs is 1. The molecule has 4 heteroatoms. The van der Waals surface area contributed by atoms with Gasteiger partial charge in [-0.2, -0.15) is 0 Å². The van der Waals surface area contributed by atoms with Gasteiger partial charge >= 0.3 is 0 Å². The van der Waals surface area contributed by atoms with Crippen LogP contribution in [0, 0.1) is 11.8 Å². The zero-order chi connectivity index (χ0) is 14.3. The van der Waals surface area contributed by atoms with E-state index in [0.29, 0.717) is 5.92 Å². The van der Waals surface area contributed by atoms with Crippen LogP contribution in [0.1, 0.15) is 46.0 Å². The van der Waals surface area contributed by atoms with E-state index < -0.39 is 0 Å². The second kappa shape index (κ2) is 5.64. The lowest BCUT2D eigenvalue weighted by Crippen LogP contribution is -2.58. The topological polar surface area (TPSA) is 49.6 Å². The predicted octanol–water partition coefficient (Wildman–Crippen LogP) is 1.45. The SMILES string of the molecule is CC(C)[C@H](N)C(=O)N1CCC2C(CCCN2C2CC2)C1. The third-order valence-corrected chi connectivity index (χ3v) is 5.44. The predicted molar refractivity (Wildman–Crippen MR) is 80.3 cm³/mol. The maximum absolute atomic E-state index is 12.4. The molecule has 2 aliphatic heterocycles. The van der Waals surface area contributed by atoms with Crippen LogP contribution in [-0.2, 0) is 4.79 Å². The lowest BCUT2D eigenvalue weighted by Gasteiger charge is -2.48. The molecule has 0 aromatic heterocycles. The molecule has 3 rings (SSSR count). The Balaban J connectivity index is 1.62. The molecule has 3 aliphatic rings. The summed E-state index contributed by atoms with van der Waals surface area (Å²) in [4.78, 5) is 17.2. The molecule has 1 aliphatic carbocycles. The van der Waals surface area contributed by atoms with Gasteiger partial charge in [0.25, 0.3) is 0 Å². The molecule has 2 unspecified atom stereocenters. The molecule has 114 valence electrons. The molecular weight excluding hydrogens is 250 g/mol. The number of nitrogens with zero attached hydrogens (tertiary/aromatic N) is 2. The first kappa shape index (κ1) is 14.3. The minimum absolute atomic E-state index is 0.169. The zero-order valence-corrected chi connectivity index (χ0v) is 12.9. The van der Waals surface area contributed by atoms with Gasteiger partial charge < -0.3 is 10.6 Å². The molecule has 0 spiro atoms. The molecular formula is C16H29N3O. The fraction of sp³-hybridized carbons (Fsp3) is 0.938. The van der Waals surface area contributed by atoms with Gasteiger partial charge in [0.2, 0.25) is 5.91 Å². The lowest BCUT2D eigenvalue weighted by molar-refractivity contribution is -0.137. The number of nitrogens with two attached hydrogens (primary N) is 1. The van der Waals surface area contributed by atoms with E-state index in [2.05, 4.69) is 4.90 Å². The van der Waals surface area contributed by atoms with Crippen molar-refractivity contribution in [2.45, 2.75) is 64.1 Å². The smallest absolute Gasteiger partial charge is 0.239 e. The second-order valence-corrected chi connectivity index (χ2v) is 7.28. The van der Waals surface area contributed by atoms with Gasteiger partial charge in [0, 0.05) is 25.2 Å². The maximum Gasteiger partial charge on any atom is 0.239 e. The Morgan fingerprint density at radius 2 is 1.90 bits per heavy atom. The molecule has 3 fully saturated rings. The van der Waals surface area contributed by atoms with Crippen molar-refractivity contribution in [3.8, 4) is 0 Å². The van der Waals surface area contributed by atoms with Gasteiger partial charge in [-0.25, -0.2) is 0 Å². The Morgan fingerprint density at radius 1 is 1.15 bits per heavy atom. The van der Waals surface area contributed by atoms with Crippen LogP contribution in [0.3, 0.4) is 0 Å². The largest absolute Gasteiger partial charge is 0.341 e. The normalized spacial score (nSPS) is 33.1. The highest BCUT2D eigenvalue weighted by atomic mass is 16.2. The number of likely N-dealkylation sites (tertiary alicyclic amines) is 2. The standard InChI is InChI=1S/C16H29N3O/c1-11(2)15(17)16(20)18-9-7-14-12(10-18)4-3-8-19(14)13-5-6-13/h11-15H,3-10,17H2,1-2H3/t12?,14?,15-/m0/s1. The Bertz CT molecular complexity index is 367. The number of rotatable bonds is 3. The first-order chi connectivity index (χ1) is 9.58. The molecule has 1 amide bonds. The van der Waals surface area contributed by atoms with Crippen molar-refractivity contribution in [3.05, 3.63) is 0 Å². The summed E-state index contributed by atoms with van der Waals surface area (Å²) in [6, 6.07) is 1.27. The van der Waals surface area contributed by atoms with Gasteiger partial charge in [0.05, 0.1) is 6.04 Å². The van der Waals surface area contributed by atoms with Crippen molar-refractivity contribution in [1.29, 1.82) is 0 Å². The summed E-state index contributed by atoms with van der Waals surface area (Å²) < 4.78 is 0. The summed E-state index contributed by atoms with van der Waals surface area (Å²) in [6.07, 6.45) is 6.52. The molecule has 0 bridgehead atoms. The molecule has 4 nitrogen and oxygen atoms in total. The molecule has 2 saturated heterocycles. The first-order valence-corrected chi connectivity index (χ1v) is 8.38. The van der Waals surface area contributed by atoms with Gasteiger partial charge in [-0.1, -0.05) is 13.8 Å². The number of piperidine rings is 2. The van der Waals surface area contributed by atoms with Gasteiger partial charge in [-0.05, 0) is 50.5 Å². The van der Waals surface area contributed by atoms with E-state index in [0.717, 1.165) is 31.6 Å². The first-order valence-electron chi connectivity index (χ1n) is 8.38. The number of amides is 1. The van der Waals surface area contributed by atoms with Crippen LogP contribution in [0.25, 0.3) is 0 Å². The summed E-state index contributed by atoms with van der Waals surface area (Å²) in [7, 11) is 0. The van der Waals surface area contributed by atoms with Gasteiger partial charge in [0.1, 0.15) is 0 Å². The molecule has 1 saturated carbocycles. The lowest BCUT2D eigenvalue weighted by atomic mass is 9.83. The van der Waals surface area contributed by atoms with Gasteiger partial charge in [-0.15, -0.1) is 0 Å².